The Morgan fingerprint density at radius 2 is 2.11 bits per heavy atom. The van der Waals surface area contributed by atoms with Crippen LogP contribution in [0.25, 0.3) is 10.2 Å². The van der Waals surface area contributed by atoms with Crippen molar-refractivity contribution in [3.05, 3.63) is 17.6 Å². The molecular weight excluding hydrogens is 272 g/mol. The van der Waals surface area contributed by atoms with Crippen molar-refractivity contribution in [2.75, 3.05) is 12.3 Å². The second-order valence-electron chi connectivity index (χ2n) is 3.53. The topological polar surface area (TPSA) is 48.1 Å². The van der Waals surface area contributed by atoms with Crippen molar-refractivity contribution in [3.8, 4) is 5.75 Å². The SMILES string of the molecule is Nc1c(OCC(F)(F)C(F)F)ccc2scnc12. The molecule has 98 valence electrons. The molecule has 0 radical (unpaired) electrons. The predicted octanol–water partition coefficient (Wildman–Crippen LogP) is 3.16. The van der Waals surface area contributed by atoms with Crippen molar-refractivity contribution in [2.24, 2.45) is 0 Å². The number of halogens is 4. The Hall–Kier alpha value is -1.57. The molecule has 18 heavy (non-hydrogen) atoms. The van der Waals surface area contributed by atoms with Crippen LogP contribution in [0, 0.1) is 0 Å². The first-order chi connectivity index (χ1) is 8.42. The summed E-state index contributed by atoms with van der Waals surface area (Å²) in [5.74, 6) is -4.28. The number of nitrogens with zero attached hydrogens (tertiary/aromatic N) is 1. The minimum atomic E-state index is -4.20. The number of anilines is 1. The number of benzene rings is 1. The van der Waals surface area contributed by atoms with Crippen molar-refractivity contribution >= 4 is 27.2 Å². The first kappa shape index (κ1) is 12.9. The Balaban J connectivity index is 2.20. The van der Waals surface area contributed by atoms with E-state index >= 15 is 0 Å². The lowest BCUT2D eigenvalue weighted by Crippen LogP contribution is -2.33. The number of nitrogens with two attached hydrogens (primary N) is 1. The summed E-state index contributed by atoms with van der Waals surface area (Å²) in [5.41, 5.74) is 7.68. The Kier molecular flexibility index (Phi) is 3.29. The van der Waals surface area contributed by atoms with Crippen LogP contribution in [0.3, 0.4) is 0 Å². The Morgan fingerprint density at radius 1 is 1.39 bits per heavy atom. The van der Waals surface area contributed by atoms with Gasteiger partial charge in [-0.1, -0.05) is 0 Å². The summed E-state index contributed by atoms with van der Waals surface area (Å²) in [6.07, 6.45) is -3.78. The van der Waals surface area contributed by atoms with Gasteiger partial charge in [-0.25, -0.2) is 13.8 Å². The van der Waals surface area contributed by atoms with E-state index in [1.54, 1.807) is 11.6 Å². The van der Waals surface area contributed by atoms with Crippen LogP contribution in [0.4, 0.5) is 23.2 Å². The Labute approximate surface area is 103 Å². The summed E-state index contributed by atoms with van der Waals surface area (Å²) in [6, 6.07) is 2.94. The molecular formula is C10H8F4N2OS. The van der Waals surface area contributed by atoms with Crippen LogP contribution >= 0.6 is 11.3 Å². The van der Waals surface area contributed by atoms with Crippen LogP contribution in [0.1, 0.15) is 0 Å². The van der Waals surface area contributed by atoms with Crippen LogP contribution in [0.15, 0.2) is 17.6 Å². The van der Waals surface area contributed by atoms with E-state index in [1.165, 1.54) is 17.4 Å². The average molecular weight is 280 g/mol. The van der Waals surface area contributed by atoms with Crippen LogP contribution in [0.5, 0.6) is 5.75 Å². The van der Waals surface area contributed by atoms with Gasteiger partial charge >= 0.3 is 12.3 Å². The number of ether oxygens (including phenoxy) is 1. The maximum atomic E-state index is 12.7. The third-order valence-electron chi connectivity index (χ3n) is 2.24. The van der Waals surface area contributed by atoms with Gasteiger partial charge in [-0.05, 0) is 12.1 Å². The van der Waals surface area contributed by atoms with Crippen molar-refractivity contribution in [2.45, 2.75) is 12.3 Å². The normalized spacial score (nSPS) is 12.3. The van der Waals surface area contributed by atoms with Gasteiger partial charge in [0.1, 0.15) is 17.0 Å². The fourth-order valence-electron chi connectivity index (χ4n) is 1.30. The van der Waals surface area contributed by atoms with E-state index in [2.05, 4.69) is 9.72 Å². The molecule has 0 bridgehead atoms. The van der Waals surface area contributed by atoms with Crippen molar-refractivity contribution in [1.82, 2.24) is 4.98 Å². The van der Waals surface area contributed by atoms with Gasteiger partial charge in [0.2, 0.25) is 0 Å². The van der Waals surface area contributed by atoms with E-state index < -0.39 is 19.0 Å². The van der Waals surface area contributed by atoms with Crippen LogP contribution in [0.2, 0.25) is 0 Å². The molecule has 1 heterocycles. The number of rotatable bonds is 4. The zero-order valence-electron chi connectivity index (χ0n) is 8.87. The molecule has 0 atom stereocenters. The van der Waals surface area contributed by atoms with Crippen molar-refractivity contribution < 1.29 is 22.3 Å². The van der Waals surface area contributed by atoms with Gasteiger partial charge in [-0.3, -0.25) is 0 Å². The number of hydrogen-bond acceptors (Lipinski definition) is 4. The number of fused-ring (bicyclic) bond motifs is 1. The van der Waals surface area contributed by atoms with Crippen LogP contribution in [-0.2, 0) is 0 Å². The summed E-state index contributed by atoms with van der Waals surface area (Å²) >= 11 is 1.32. The lowest BCUT2D eigenvalue weighted by Gasteiger charge is -2.16. The highest BCUT2D eigenvalue weighted by atomic mass is 32.1. The van der Waals surface area contributed by atoms with Gasteiger partial charge < -0.3 is 10.5 Å². The maximum Gasteiger partial charge on any atom is 0.340 e. The molecule has 1 aromatic carbocycles. The van der Waals surface area contributed by atoms with Gasteiger partial charge in [0.05, 0.1) is 10.2 Å². The molecule has 0 fully saturated rings. The molecule has 0 aliphatic heterocycles. The largest absolute Gasteiger partial charge is 0.485 e. The predicted molar refractivity (Wildman–Crippen MR) is 60.5 cm³/mol. The third-order valence-corrected chi connectivity index (χ3v) is 3.04. The second-order valence-corrected chi connectivity index (χ2v) is 4.41. The summed E-state index contributed by atoms with van der Waals surface area (Å²) in [7, 11) is 0. The first-order valence-corrected chi connectivity index (χ1v) is 5.70. The molecule has 0 spiro atoms. The highest BCUT2D eigenvalue weighted by Gasteiger charge is 2.41. The number of nitrogen functional groups attached to an aromatic ring is 1. The molecule has 0 saturated carbocycles. The molecule has 0 saturated heterocycles. The third kappa shape index (κ3) is 2.33. The van der Waals surface area contributed by atoms with Gasteiger partial charge in [0.25, 0.3) is 0 Å². The Morgan fingerprint density at radius 3 is 2.78 bits per heavy atom. The summed E-state index contributed by atoms with van der Waals surface area (Å²) < 4.78 is 54.7. The van der Waals surface area contributed by atoms with E-state index in [0.29, 0.717) is 5.52 Å². The monoisotopic (exact) mass is 280 g/mol. The number of hydrogen-bond donors (Lipinski definition) is 1. The molecule has 0 unspecified atom stereocenters. The maximum absolute atomic E-state index is 12.7. The standard InChI is InChI=1S/C10H8F4N2OS/c11-9(12)10(13,14)3-17-5-1-2-6-8(7(5)15)16-4-18-6/h1-2,4,9H,3,15H2. The Bertz CT molecular complexity index is 558. The van der Waals surface area contributed by atoms with E-state index in [1.807, 2.05) is 0 Å². The lowest BCUT2D eigenvalue weighted by molar-refractivity contribution is -0.148. The second kappa shape index (κ2) is 4.60. The quantitative estimate of drug-likeness (QED) is 0.691. The molecule has 3 nitrogen and oxygen atoms in total. The van der Waals surface area contributed by atoms with Gasteiger partial charge in [0, 0.05) is 0 Å². The average Bonchev–Trinajstić information content (AvgIpc) is 2.77. The van der Waals surface area contributed by atoms with Gasteiger partial charge in [-0.15, -0.1) is 11.3 Å². The zero-order valence-corrected chi connectivity index (χ0v) is 9.69. The van der Waals surface area contributed by atoms with Crippen LogP contribution < -0.4 is 10.5 Å². The number of thiazole rings is 1. The minimum Gasteiger partial charge on any atom is -0.485 e. The van der Waals surface area contributed by atoms with Crippen LogP contribution in [-0.4, -0.2) is 23.9 Å². The zero-order chi connectivity index (χ0) is 13.3. The fraction of sp³-hybridized carbons (Fsp3) is 0.300. The van der Waals surface area contributed by atoms with E-state index in [-0.39, 0.29) is 11.4 Å². The summed E-state index contributed by atoms with van der Waals surface area (Å²) in [4.78, 5) is 3.94. The molecule has 0 aliphatic carbocycles. The summed E-state index contributed by atoms with van der Waals surface area (Å²) in [5, 5.41) is 0. The fourth-order valence-corrected chi connectivity index (χ4v) is 1.99. The van der Waals surface area contributed by atoms with E-state index in [4.69, 9.17) is 5.73 Å². The van der Waals surface area contributed by atoms with Crippen molar-refractivity contribution in [3.63, 3.8) is 0 Å². The lowest BCUT2D eigenvalue weighted by atomic mass is 10.2. The highest BCUT2D eigenvalue weighted by Crippen LogP contribution is 2.33. The molecule has 8 heteroatoms. The minimum absolute atomic E-state index is 0.0683. The van der Waals surface area contributed by atoms with Gasteiger partial charge in [0.15, 0.2) is 6.61 Å². The molecule has 2 aromatic rings. The molecule has 2 rings (SSSR count). The van der Waals surface area contributed by atoms with Crippen molar-refractivity contribution in [1.29, 1.82) is 0 Å². The van der Waals surface area contributed by atoms with Gasteiger partial charge in [-0.2, -0.15) is 8.78 Å². The molecule has 2 N–H and O–H groups in total. The number of aromatic nitrogens is 1. The molecule has 1 aromatic heterocycles. The number of alkyl halides is 4. The molecule has 0 amide bonds. The van der Waals surface area contributed by atoms with E-state index in [0.717, 1.165) is 4.70 Å². The van der Waals surface area contributed by atoms with E-state index in [9.17, 15) is 17.6 Å². The smallest absolute Gasteiger partial charge is 0.340 e. The highest BCUT2D eigenvalue weighted by molar-refractivity contribution is 7.16. The molecule has 0 aliphatic rings. The summed E-state index contributed by atoms with van der Waals surface area (Å²) in [6.45, 7) is -1.43. The first-order valence-electron chi connectivity index (χ1n) is 4.82.